The minimum atomic E-state index is -4.92. The zero-order valence-corrected chi connectivity index (χ0v) is 47.2. The first-order valence-electron chi connectivity index (χ1n) is 28.3. The Morgan fingerprint density at radius 2 is 0.556 bits per heavy atom. The summed E-state index contributed by atoms with van der Waals surface area (Å²) in [6.45, 7) is 4.57. The van der Waals surface area contributed by atoms with Crippen LogP contribution in [0.2, 0.25) is 0 Å². The van der Waals surface area contributed by atoms with Crippen LogP contribution in [0.5, 0.6) is 0 Å². The lowest BCUT2D eigenvalue weighted by Gasteiger charge is -2.21. The smallest absolute Gasteiger partial charge is 0.462 e. The summed E-state index contributed by atoms with van der Waals surface area (Å²) in [6.07, 6.45) is 30.3. The van der Waals surface area contributed by atoms with E-state index in [9.17, 15) is 43.2 Å². The lowest BCUT2D eigenvalue weighted by atomic mass is 10.0. The maximum absolute atomic E-state index is 12.8. The Labute approximate surface area is 435 Å². The van der Waals surface area contributed by atoms with Crippen molar-refractivity contribution in [3.63, 3.8) is 0 Å². The summed E-state index contributed by atoms with van der Waals surface area (Å²) in [5.41, 5.74) is 0. The summed E-state index contributed by atoms with van der Waals surface area (Å²) in [5.74, 6) is -2.18. The number of ether oxygens (including phenoxy) is 4. The number of hydrogen-bond donors (Lipinski definition) is 3. The number of phosphoric acid groups is 2. The number of unbranched alkanes of at least 4 members (excludes halogenated alkanes) is 28. The molecule has 0 aliphatic rings. The van der Waals surface area contributed by atoms with Gasteiger partial charge >= 0.3 is 39.5 Å². The third-order valence-corrected chi connectivity index (χ3v) is 14.0. The van der Waals surface area contributed by atoms with Crippen molar-refractivity contribution in [2.24, 2.45) is 0 Å². The lowest BCUT2D eigenvalue weighted by Crippen LogP contribution is -2.30. The van der Waals surface area contributed by atoms with Crippen molar-refractivity contribution in [2.45, 2.75) is 277 Å². The van der Waals surface area contributed by atoms with Gasteiger partial charge in [0.25, 0.3) is 0 Å². The molecule has 5 atom stereocenters. The Hall–Kier alpha value is -1.94. The first kappa shape index (κ1) is 70.1. The summed E-state index contributed by atoms with van der Waals surface area (Å²) in [5, 5.41) is 10.4. The summed E-state index contributed by atoms with van der Waals surface area (Å²) < 4.78 is 67.0. The van der Waals surface area contributed by atoms with E-state index >= 15 is 0 Å². The number of aliphatic hydroxyl groups excluding tert-OH is 1. The number of esters is 4. The van der Waals surface area contributed by atoms with Crippen molar-refractivity contribution in [3.05, 3.63) is 0 Å². The van der Waals surface area contributed by atoms with Crippen LogP contribution in [0.15, 0.2) is 0 Å². The highest BCUT2D eigenvalue weighted by atomic mass is 31.2. The van der Waals surface area contributed by atoms with Gasteiger partial charge in [-0.05, 0) is 25.7 Å². The third kappa shape index (κ3) is 47.8. The topological polar surface area (TPSA) is 237 Å². The Bertz CT molecular complexity index is 1420. The first-order chi connectivity index (χ1) is 34.7. The molecule has 426 valence electrons. The van der Waals surface area contributed by atoms with Crippen LogP contribution < -0.4 is 0 Å². The molecular weight excluding hydrogens is 971 g/mol. The van der Waals surface area contributed by atoms with Crippen molar-refractivity contribution < 1.29 is 80.2 Å². The number of rotatable bonds is 54. The van der Waals surface area contributed by atoms with E-state index in [-0.39, 0.29) is 25.7 Å². The van der Waals surface area contributed by atoms with Crippen molar-refractivity contribution in [1.82, 2.24) is 0 Å². The van der Waals surface area contributed by atoms with Gasteiger partial charge in [0.05, 0.1) is 26.4 Å². The van der Waals surface area contributed by atoms with Crippen LogP contribution in [-0.4, -0.2) is 96.7 Å². The molecular formula is C53H102O17P2. The molecule has 0 aromatic rings. The number of hydrogen-bond acceptors (Lipinski definition) is 15. The molecule has 19 heteroatoms. The fourth-order valence-electron chi connectivity index (χ4n) is 7.69. The predicted molar refractivity (Wildman–Crippen MR) is 280 cm³/mol. The molecule has 0 aliphatic carbocycles. The summed E-state index contributed by atoms with van der Waals surface area (Å²) in [7, 11) is -9.84. The van der Waals surface area contributed by atoms with Gasteiger partial charge in [0, 0.05) is 25.7 Å². The molecule has 0 bridgehead atoms. The van der Waals surface area contributed by atoms with Crippen molar-refractivity contribution >= 4 is 39.5 Å². The highest BCUT2D eigenvalue weighted by Gasteiger charge is 2.30. The number of aliphatic hydroxyl groups is 1. The highest BCUT2D eigenvalue weighted by Crippen LogP contribution is 2.45. The molecule has 0 spiro atoms. The summed E-state index contributed by atoms with van der Waals surface area (Å²) >= 11 is 0. The van der Waals surface area contributed by atoms with Gasteiger partial charge in [0.15, 0.2) is 12.2 Å². The molecule has 0 aromatic carbocycles. The molecule has 0 rings (SSSR count). The minimum Gasteiger partial charge on any atom is -0.462 e. The van der Waals surface area contributed by atoms with E-state index in [0.29, 0.717) is 25.7 Å². The molecule has 0 aromatic heterocycles. The molecule has 0 heterocycles. The first-order valence-corrected chi connectivity index (χ1v) is 31.3. The molecule has 0 fully saturated rings. The largest absolute Gasteiger partial charge is 0.472 e. The van der Waals surface area contributed by atoms with E-state index in [1.165, 1.54) is 83.5 Å². The molecule has 17 nitrogen and oxygen atoms in total. The Morgan fingerprint density at radius 1 is 0.333 bits per heavy atom. The van der Waals surface area contributed by atoms with Crippen LogP contribution in [0.25, 0.3) is 0 Å². The van der Waals surface area contributed by atoms with Crippen LogP contribution in [0.4, 0.5) is 0 Å². The quantitative estimate of drug-likeness (QED) is 0.0222. The van der Waals surface area contributed by atoms with Crippen LogP contribution in [0.1, 0.15) is 259 Å². The minimum absolute atomic E-state index is 0.0996. The normalized spacial score (nSPS) is 14.5. The highest BCUT2D eigenvalue weighted by molar-refractivity contribution is 7.47. The molecule has 0 amide bonds. The molecule has 0 saturated carbocycles. The Morgan fingerprint density at radius 3 is 0.833 bits per heavy atom. The fourth-order valence-corrected chi connectivity index (χ4v) is 9.27. The molecule has 2 unspecified atom stereocenters. The molecule has 3 N–H and O–H groups in total. The van der Waals surface area contributed by atoms with Gasteiger partial charge in [-0.3, -0.25) is 37.3 Å². The van der Waals surface area contributed by atoms with E-state index < -0.39 is 97.5 Å². The number of carbonyl (C=O) groups excluding carboxylic acids is 4. The van der Waals surface area contributed by atoms with Crippen LogP contribution >= 0.6 is 15.6 Å². The summed E-state index contributed by atoms with van der Waals surface area (Å²) in [4.78, 5) is 71.0. The maximum atomic E-state index is 12.8. The van der Waals surface area contributed by atoms with Gasteiger partial charge in [0.2, 0.25) is 0 Å². The Kier molecular flexibility index (Phi) is 47.4. The zero-order chi connectivity index (χ0) is 53.4. The van der Waals surface area contributed by atoms with E-state index in [2.05, 4.69) is 27.7 Å². The average molecular weight is 1070 g/mol. The van der Waals surface area contributed by atoms with Crippen molar-refractivity contribution in [3.8, 4) is 0 Å². The summed E-state index contributed by atoms with van der Waals surface area (Å²) in [6, 6.07) is 0. The second-order valence-corrected chi connectivity index (χ2v) is 22.2. The van der Waals surface area contributed by atoms with Gasteiger partial charge in [-0.25, -0.2) is 9.13 Å². The van der Waals surface area contributed by atoms with E-state index in [0.717, 1.165) is 96.3 Å². The monoisotopic (exact) mass is 1070 g/mol. The SMILES string of the molecule is CCCCCCCCCCCCCCCCCC(=O)O[C@H](COC(=O)CCCCCC)COP(=O)(O)OC[C@H](O)COP(=O)(O)OC[C@@H](COC(=O)CCCCCCCCCC)OC(=O)CCCCCCC. The molecule has 0 saturated heterocycles. The second-order valence-electron chi connectivity index (χ2n) is 19.3. The fraction of sp³-hybridized carbons (Fsp3) is 0.925. The maximum Gasteiger partial charge on any atom is 0.472 e. The number of phosphoric ester groups is 2. The van der Waals surface area contributed by atoms with E-state index in [4.69, 9.17) is 37.0 Å². The lowest BCUT2D eigenvalue weighted by molar-refractivity contribution is -0.161. The van der Waals surface area contributed by atoms with Gasteiger partial charge in [-0.2, -0.15) is 0 Å². The second kappa shape index (κ2) is 48.7. The van der Waals surface area contributed by atoms with Gasteiger partial charge in [-0.1, -0.05) is 207 Å². The van der Waals surface area contributed by atoms with Gasteiger partial charge < -0.3 is 33.8 Å². The van der Waals surface area contributed by atoms with Crippen LogP contribution in [0, 0.1) is 0 Å². The molecule has 0 aliphatic heterocycles. The Balaban J connectivity index is 5.01. The van der Waals surface area contributed by atoms with Gasteiger partial charge in [-0.15, -0.1) is 0 Å². The van der Waals surface area contributed by atoms with Crippen molar-refractivity contribution in [2.75, 3.05) is 39.6 Å². The average Bonchev–Trinajstić information content (AvgIpc) is 3.35. The van der Waals surface area contributed by atoms with E-state index in [1.807, 2.05) is 0 Å². The zero-order valence-electron chi connectivity index (χ0n) is 45.4. The third-order valence-electron chi connectivity index (χ3n) is 12.1. The standard InChI is InChI=1S/C53H102O17P2/c1-5-9-13-17-19-21-22-23-24-25-26-27-29-32-36-40-53(58)70-48(43-63-50(55)37-33-16-12-8-4)45-67-71(59,60)65-41-47(54)42-66-72(61,62)68-46-49(69-52(57)39-35-30-15-11-7-3)44-64-51(56)38-34-31-28-20-18-14-10-6-2/h47-49,54H,5-46H2,1-4H3,(H,59,60)(H,61,62)/t47-,48+,49+/m0/s1. The molecule has 0 radical (unpaired) electrons. The van der Waals surface area contributed by atoms with Crippen molar-refractivity contribution in [1.29, 1.82) is 0 Å². The van der Waals surface area contributed by atoms with Crippen LogP contribution in [0.3, 0.4) is 0 Å². The number of carbonyl (C=O) groups is 4. The van der Waals surface area contributed by atoms with E-state index in [1.54, 1.807) is 0 Å². The predicted octanol–water partition coefficient (Wildman–Crippen LogP) is 13.6. The van der Waals surface area contributed by atoms with Gasteiger partial charge in [0.1, 0.15) is 19.3 Å². The molecule has 72 heavy (non-hydrogen) atoms. The van der Waals surface area contributed by atoms with Crippen LogP contribution in [-0.2, 0) is 65.4 Å².